The fourth-order valence-corrected chi connectivity index (χ4v) is 2.55. The fourth-order valence-electron chi connectivity index (χ4n) is 2.18. The smallest absolute Gasteiger partial charge is 0.274 e. The van der Waals surface area contributed by atoms with E-state index >= 15 is 0 Å². The van der Waals surface area contributed by atoms with Crippen LogP contribution in [0.3, 0.4) is 0 Å². The highest BCUT2D eigenvalue weighted by Gasteiger charge is 2.12. The zero-order valence-corrected chi connectivity index (χ0v) is 14.2. The van der Waals surface area contributed by atoms with Gasteiger partial charge in [-0.05, 0) is 43.2 Å². The van der Waals surface area contributed by atoms with Crippen molar-refractivity contribution in [1.29, 1.82) is 0 Å². The molecule has 0 saturated heterocycles. The molecular weight excluding hydrogens is 314 g/mol. The number of nitrogens with zero attached hydrogens (tertiary/aromatic N) is 1. The predicted molar refractivity (Wildman–Crippen MR) is 93.5 cm³/mol. The summed E-state index contributed by atoms with van der Waals surface area (Å²) in [7, 11) is 1.64. The Morgan fingerprint density at radius 2 is 2.09 bits per heavy atom. The summed E-state index contributed by atoms with van der Waals surface area (Å²) in [5.41, 5.74) is 3.75. The Hall–Kier alpha value is -2.11. The Kier molecular flexibility index (Phi) is 5.96. The molecule has 2 N–H and O–H groups in total. The van der Waals surface area contributed by atoms with Gasteiger partial charge in [-0.3, -0.25) is 4.79 Å². The maximum atomic E-state index is 12.3. The first-order valence-electron chi connectivity index (χ1n) is 7.28. The SMILES string of the molecule is COCCNc1ccc(C(=O)Nc2c(C)cc(C)cc2Cl)nc1. The Bertz CT molecular complexity index is 664. The number of rotatable bonds is 6. The van der Waals surface area contributed by atoms with Gasteiger partial charge in [0.2, 0.25) is 0 Å². The lowest BCUT2D eigenvalue weighted by Gasteiger charge is -2.11. The van der Waals surface area contributed by atoms with Crippen LogP contribution in [-0.4, -0.2) is 31.2 Å². The Morgan fingerprint density at radius 3 is 2.70 bits per heavy atom. The molecule has 5 nitrogen and oxygen atoms in total. The molecule has 0 radical (unpaired) electrons. The zero-order chi connectivity index (χ0) is 16.8. The monoisotopic (exact) mass is 333 g/mol. The minimum atomic E-state index is -0.290. The van der Waals surface area contributed by atoms with Gasteiger partial charge in [-0.25, -0.2) is 4.98 Å². The minimum Gasteiger partial charge on any atom is -0.383 e. The number of ether oxygens (including phenoxy) is 1. The van der Waals surface area contributed by atoms with Gasteiger partial charge in [0.05, 0.1) is 29.2 Å². The van der Waals surface area contributed by atoms with Gasteiger partial charge in [-0.2, -0.15) is 0 Å². The van der Waals surface area contributed by atoms with Crippen molar-refractivity contribution in [3.8, 4) is 0 Å². The molecule has 0 bridgehead atoms. The lowest BCUT2D eigenvalue weighted by atomic mass is 10.1. The lowest BCUT2D eigenvalue weighted by Crippen LogP contribution is -2.15. The molecule has 23 heavy (non-hydrogen) atoms. The third-order valence-corrected chi connectivity index (χ3v) is 3.60. The highest BCUT2D eigenvalue weighted by molar-refractivity contribution is 6.34. The fraction of sp³-hybridized carbons (Fsp3) is 0.294. The maximum Gasteiger partial charge on any atom is 0.274 e. The third kappa shape index (κ3) is 4.68. The molecule has 1 heterocycles. The third-order valence-electron chi connectivity index (χ3n) is 3.30. The highest BCUT2D eigenvalue weighted by Crippen LogP contribution is 2.27. The van der Waals surface area contributed by atoms with Gasteiger partial charge >= 0.3 is 0 Å². The van der Waals surface area contributed by atoms with Crippen molar-refractivity contribution in [3.05, 3.63) is 52.3 Å². The van der Waals surface area contributed by atoms with Crippen LogP contribution in [0.15, 0.2) is 30.5 Å². The topological polar surface area (TPSA) is 63.2 Å². The van der Waals surface area contributed by atoms with Crippen LogP contribution in [0, 0.1) is 13.8 Å². The first kappa shape index (κ1) is 17.2. The van der Waals surface area contributed by atoms with Gasteiger partial charge in [-0.1, -0.05) is 17.7 Å². The minimum absolute atomic E-state index is 0.290. The van der Waals surface area contributed by atoms with E-state index in [0.29, 0.717) is 29.6 Å². The number of anilines is 2. The number of aryl methyl sites for hydroxylation is 2. The molecule has 0 aliphatic heterocycles. The molecule has 2 aromatic rings. The molecule has 6 heteroatoms. The van der Waals surface area contributed by atoms with Crippen LogP contribution < -0.4 is 10.6 Å². The van der Waals surface area contributed by atoms with Gasteiger partial charge in [0, 0.05) is 13.7 Å². The average molecular weight is 334 g/mol. The Morgan fingerprint density at radius 1 is 1.30 bits per heavy atom. The highest BCUT2D eigenvalue weighted by atomic mass is 35.5. The Balaban J connectivity index is 2.06. The predicted octanol–water partition coefficient (Wildman–Crippen LogP) is 3.66. The number of aromatic nitrogens is 1. The van der Waals surface area contributed by atoms with Gasteiger partial charge in [0.25, 0.3) is 5.91 Å². The quantitative estimate of drug-likeness (QED) is 0.792. The molecule has 122 valence electrons. The molecule has 0 fully saturated rings. The second kappa shape index (κ2) is 7.94. The standard InChI is InChI=1S/C17H20ClN3O2/c1-11-8-12(2)16(14(18)9-11)21-17(22)15-5-4-13(10-20-15)19-6-7-23-3/h4-5,8-10,19H,6-7H2,1-3H3,(H,21,22). The normalized spacial score (nSPS) is 10.4. The number of amides is 1. The van der Waals surface area contributed by atoms with Crippen LogP contribution >= 0.6 is 11.6 Å². The number of carbonyl (C=O) groups excluding carboxylic acids is 1. The average Bonchev–Trinajstić information content (AvgIpc) is 2.51. The maximum absolute atomic E-state index is 12.3. The number of nitrogens with one attached hydrogen (secondary N) is 2. The summed E-state index contributed by atoms with van der Waals surface area (Å²) in [6, 6.07) is 7.27. The summed E-state index contributed by atoms with van der Waals surface area (Å²) < 4.78 is 4.96. The summed E-state index contributed by atoms with van der Waals surface area (Å²) in [5.74, 6) is -0.290. The molecule has 1 amide bonds. The first-order valence-corrected chi connectivity index (χ1v) is 7.66. The lowest BCUT2D eigenvalue weighted by molar-refractivity contribution is 0.102. The van der Waals surface area contributed by atoms with Gasteiger partial charge < -0.3 is 15.4 Å². The van der Waals surface area contributed by atoms with Crippen LogP contribution in [0.5, 0.6) is 0 Å². The number of benzene rings is 1. The molecule has 0 unspecified atom stereocenters. The van der Waals surface area contributed by atoms with E-state index in [1.54, 1.807) is 25.4 Å². The molecule has 1 aromatic carbocycles. The first-order chi connectivity index (χ1) is 11.0. The summed E-state index contributed by atoms with van der Waals surface area (Å²) in [6.45, 7) is 5.15. The van der Waals surface area contributed by atoms with E-state index < -0.39 is 0 Å². The van der Waals surface area contributed by atoms with E-state index in [1.165, 1.54) is 0 Å². The number of hydrogen-bond acceptors (Lipinski definition) is 4. The van der Waals surface area contributed by atoms with E-state index in [1.807, 2.05) is 26.0 Å². The van der Waals surface area contributed by atoms with Crippen LogP contribution in [0.2, 0.25) is 5.02 Å². The van der Waals surface area contributed by atoms with Crippen molar-refractivity contribution in [3.63, 3.8) is 0 Å². The molecule has 1 aromatic heterocycles. The van der Waals surface area contributed by atoms with Gasteiger partial charge in [0.1, 0.15) is 5.69 Å². The summed E-state index contributed by atoms with van der Waals surface area (Å²) in [5, 5.41) is 6.49. The number of pyridine rings is 1. The molecule has 0 atom stereocenters. The second-order valence-electron chi connectivity index (χ2n) is 5.24. The molecule has 0 saturated carbocycles. The molecule has 0 spiro atoms. The van der Waals surface area contributed by atoms with Crippen molar-refractivity contribution in [2.75, 3.05) is 30.9 Å². The van der Waals surface area contributed by atoms with Crippen molar-refractivity contribution in [2.24, 2.45) is 0 Å². The number of halogens is 1. The van der Waals surface area contributed by atoms with E-state index in [2.05, 4.69) is 15.6 Å². The summed E-state index contributed by atoms with van der Waals surface area (Å²) in [4.78, 5) is 16.5. The summed E-state index contributed by atoms with van der Waals surface area (Å²) in [6.07, 6.45) is 1.62. The molecule has 2 rings (SSSR count). The van der Waals surface area contributed by atoms with E-state index in [9.17, 15) is 4.79 Å². The van der Waals surface area contributed by atoms with E-state index in [-0.39, 0.29) is 5.91 Å². The number of hydrogen-bond donors (Lipinski definition) is 2. The summed E-state index contributed by atoms with van der Waals surface area (Å²) >= 11 is 6.21. The van der Waals surface area contributed by atoms with Crippen molar-refractivity contribution >= 4 is 28.9 Å². The van der Waals surface area contributed by atoms with Crippen LogP contribution in [0.1, 0.15) is 21.6 Å². The number of methoxy groups -OCH3 is 1. The number of carbonyl (C=O) groups is 1. The van der Waals surface area contributed by atoms with Crippen molar-refractivity contribution in [1.82, 2.24) is 4.98 Å². The second-order valence-corrected chi connectivity index (χ2v) is 5.65. The zero-order valence-electron chi connectivity index (χ0n) is 13.4. The van der Waals surface area contributed by atoms with Crippen molar-refractivity contribution in [2.45, 2.75) is 13.8 Å². The molecule has 0 aliphatic rings. The van der Waals surface area contributed by atoms with Crippen LogP contribution in [0.4, 0.5) is 11.4 Å². The molecule has 0 aliphatic carbocycles. The van der Waals surface area contributed by atoms with Crippen LogP contribution in [-0.2, 0) is 4.74 Å². The van der Waals surface area contributed by atoms with E-state index in [0.717, 1.165) is 16.8 Å². The van der Waals surface area contributed by atoms with E-state index in [4.69, 9.17) is 16.3 Å². The molecular formula is C17H20ClN3O2. The van der Waals surface area contributed by atoms with Gasteiger partial charge in [0.15, 0.2) is 0 Å². The van der Waals surface area contributed by atoms with Crippen molar-refractivity contribution < 1.29 is 9.53 Å². The van der Waals surface area contributed by atoms with Gasteiger partial charge in [-0.15, -0.1) is 0 Å². The Labute approximate surface area is 141 Å². The largest absolute Gasteiger partial charge is 0.383 e. The van der Waals surface area contributed by atoms with Crippen LogP contribution in [0.25, 0.3) is 0 Å².